The third-order valence-electron chi connectivity index (χ3n) is 7.38. The van der Waals surface area contributed by atoms with Crippen molar-refractivity contribution in [3.63, 3.8) is 0 Å². The minimum absolute atomic E-state index is 0.0701. The Labute approximate surface area is 237 Å². The molecule has 0 aromatic carbocycles. The van der Waals surface area contributed by atoms with Gasteiger partial charge in [-0.15, -0.1) is 0 Å². The van der Waals surface area contributed by atoms with Gasteiger partial charge in [-0.25, -0.2) is 9.97 Å². The molecule has 2 aromatic heterocycles. The molecule has 0 radical (unpaired) electrons. The van der Waals surface area contributed by atoms with Gasteiger partial charge in [0.15, 0.2) is 6.10 Å². The van der Waals surface area contributed by atoms with Gasteiger partial charge < -0.3 is 25.8 Å². The van der Waals surface area contributed by atoms with E-state index in [-0.39, 0.29) is 17.7 Å². The molecule has 1 aliphatic heterocycles. The number of nitrogens with one attached hydrogen (secondary N) is 3. The van der Waals surface area contributed by atoms with Gasteiger partial charge in [-0.1, -0.05) is 23.2 Å². The Hall–Kier alpha value is -1.85. The zero-order valence-electron chi connectivity index (χ0n) is 22.1. The van der Waals surface area contributed by atoms with Crippen LogP contribution in [0, 0.1) is 5.92 Å². The highest BCUT2D eigenvalue weighted by molar-refractivity contribution is 6.36. The van der Waals surface area contributed by atoms with Gasteiger partial charge in [0, 0.05) is 43.5 Å². The Morgan fingerprint density at radius 2 is 1.79 bits per heavy atom. The van der Waals surface area contributed by atoms with E-state index in [0.717, 1.165) is 38.8 Å². The molecule has 3 heterocycles. The highest BCUT2D eigenvalue weighted by Crippen LogP contribution is 2.35. The number of anilines is 2. The second-order valence-corrected chi connectivity index (χ2v) is 11.9. The first-order valence-corrected chi connectivity index (χ1v) is 14.1. The molecule has 2 atom stereocenters. The Bertz CT molecular complexity index is 1110. The second kappa shape index (κ2) is 12.8. The summed E-state index contributed by atoms with van der Waals surface area (Å²) >= 11 is 13.0. The standard InChI is InChI=1S/C27H36Cl2F3N5O2/c1-26(2)12-16(9-10-39-26)13-34-23-8-7-20(28)25(37-23)19-11-24(35-14-21(19)29)36-18-5-3-17(4-6-18)33-15-22(38)27(30,31)32/h7-8,11,14,16-18,22,33,38H,3-6,9-10,12-13,15H2,1-2H3,(H,34,37)(H,35,36)/t16?,17?,18?,22-/m0/s1. The fourth-order valence-electron chi connectivity index (χ4n) is 5.25. The summed E-state index contributed by atoms with van der Waals surface area (Å²) in [5.41, 5.74) is 1.09. The zero-order chi connectivity index (χ0) is 28.2. The van der Waals surface area contributed by atoms with Crippen LogP contribution in [0.15, 0.2) is 24.4 Å². The molecular formula is C27H36Cl2F3N5O2. The van der Waals surface area contributed by atoms with E-state index >= 15 is 0 Å². The fourth-order valence-corrected chi connectivity index (χ4v) is 5.65. The molecule has 1 saturated carbocycles. The van der Waals surface area contributed by atoms with Crippen molar-refractivity contribution in [2.75, 3.05) is 30.3 Å². The monoisotopic (exact) mass is 589 g/mol. The lowest BCUT2D eigenvalue weighted by Crippen LogP contribution is -2.44. The number of halogens is 5. The molecule has 0 bridgehead atoms. The van der Waals surface area contributed by atoms with Crippen LogP contribution in [-0.2, 0) is 4.74 Å². The summed E-state index contributed by atoms with van der Waals surface area (Å²) < 4.78 is 43.4. The van der Waals surface area contributed by atoms with Crippen LogP contribution in [0.2, 0.25) is 10.0 Å². The minimum Gasteiger partial charge on any atom is -0.382 e. The molecule has 39 heavy (non-hydrogen) atoms. The Kier molecular flexibility index (Phi) is 9.86. The largest absolute Gasteiger partial charge is 0.415 e. The van der Waals surface area contributed by atoms with Gasteiger partial charge in [0.05, 0.1) is 21.3 Å². The molecule has 2 aromatic rings. The van der Waals surface area contributed by atoms with Crippen LogP contribution in [-0.4, -0.2) is 64.7 Å². The minimum atomic E-state index is -4.61. The van der Waals surface area contributed by atoms with Crippen LogP contribution in [0.3, 0.4) is 0 Å². The Morgan fingerprint density at radius 1 is 1.08 bits per heavy atom. The summed E-state index contributed by atoms with van der Waals surface area (Å²) in [4.78, 5) is 9.16. The normalized spacial score (nSPS) is 24.3. The summed E-state index contributed by atoms with van der Waals surface area (Å²) in [6.45, 7) is 5.26. The van der Waals surface area contributed by atoms with E-state index in [1.807, 2.05) is 12.1 Å². The quantitative estimate of drug-likeness (QED) is 0.273. The topological polar surface area (TPSA) is 91.3 Å². The Balaban J connectivity index is 1.35. The van der Waals surface area contributed by atoms with Gasteiger partial charge >= 0.3 is 6.18 Å². The highest BCUT2D eigenvalue weighted by Gasteiger charge is 2.38. The SMILES string of the molecule is CC1(C)CC(CNc2ccc(Cl)c(-c3cc(NC4CCC(NC[C@H](O)C(F)(F)F)CC4)ncc3Cl)n2)CCO1. The number of aliphatic hydroxyl groups is 1. The van der Waals surface area contributed by atoms with Crippen molar-refractivity contribution >= 4 is 34.8 Å². The maximum atomic E-state index is 12.5. The van der Waals surface area contributed by atoms with Crippen molar-refractivity contribution in [1.82, 2.24) is 15.3 Å². The number of ether oxygens (including phenoxy) is 1. The first kappa shape index (κ1) is 30.1. The lowest BCUT2D eigenvalue weighted by atomic mass is 9.88. The summed E-state index contributed by atoms with van der Waals surface area (Å²) in [6, 6.07) is 5.51. The van der Waals surface area contributed by atoms with Crippen LogP contribution >= 0.6 is 23.2 Å². The molecule has 2 fully saturated rings. The van der Waals surface area contributed by atoms with Gasteiger partial charge in [-0.2, -0.15) is 13.2 Å². The van der Waals surface area contributed by atoms with E-state index in [4.69, 9.17) is 32.9 Å². The van der Waals surface area contributed by atoms with Gasteiger partial charge in [-0.3, -0.25) is 0 Å². The smallest absolute Gasteiger partial charge is 0.382 e. The average molecular weight is 591 g/mol. The van der Waals surface area contributed by atoms with Gasteiger partial charge in [-0.05, 0) is 76.5 Å². The van der Waals surface area contributed by atoms with E-state index < -0.39 is 18.8 Å². The van der Waals surface area contributed by atoms with Gasteiger partial charge in [0.1, 0.15) is 11.6 Å². The van der Waals surface area contributed by atoms with Crippen molar-refractivity contribution in [3.8, 4) is 11.3 Å². The molecule has 1 aliphatic carbocycles. The predicted octanol–water partition coefficient (Wildman–Crippen LogP) is 6.30. The van der Waals surface area contributed by atoms with Crippen LogP contribution in [0.25, 0.3) is 11.3 Å². The van der Waals surface area contributed by atoms with E-state index in [9.17, 15) is 18.3 Å². The van der Waals surface area contributed by atoms with Crippen LogP contribution in [0.4, 0.5) is 24.8 Å². The number of rotatable bonds is 9. The number of aliphatic hydroxyl groups excluding tert-OH is 1. The number of aromatic nitrogens is 2. The maximum absolute atomic E-state index is 12.5. The molecule has 0 amide bonds. The highest BCUT2D eigenvalue weighted by atomic mass is 35.5. The maximum Gasteiger partial charge on any atom is 0.415 e. The molecule has 4 rings (SSSR count). The molecule has 1 unspecified atom stereocenters. The van der Waals surface area contributed by atoms with Gasteiger partial charge in [0.2, 0.25) is 0 Å². The summed E-state index contributed by atoms with van der Waals surface area (Å²) in [6.07, 6.45) is -0.557. The van der Waals surface area contributed by atoms with Crippen LogP contribution < -0.4 is 16.0 Å². The van der Waals surface area contributed by atoms with Crippen LogP contribution in [0.1, 0.15) is 52.4 Å². The third-order valence-corrected chi connectivity index (χ3v) is 7.99. The number of hydrogen-bond donors (Lipinski definition) is 4. The van der Waals surface area contributed by atoms with E-state index in [2.05, 4.69) is 34.8 Å². The number of pyridine rings is 2. The first-order chi connectivity index (χ1) is 18.4. The van der Waals surface area contributed by atoms with Gasteiger partial charge in [0.25, 0.3) is 0 Å². The summed E-state index contributed by atoms with van der Waals surface area (Å²) in [5.74, 6) is 1.82. The summed E-state index contributed by atoms with van der Waals surface area (Å²) in [7, 11) is 0. The molecule has 12 heteroatoms. The molecule has 0 spiro atoms. The molecule has 216 valence electrons. The van der Waals surface area contributed by atoms with Crippen molar-refractivity contribution in [3.05, 3.63) is 34.4 Å². The first-order valence-electron chi connectivity index (χ1n) is 13.3. The van der Waals surface area contributed by atoms with E-state index in [0.29, 0.717) is 51.7 Å². The molecule has 4 N–H and O–H groups in total. The van der Waals surface area contributed by atoms with Crippen molar-refractivity contribution < 1.29 is 23.0 Å². The lowest BCUT2D eigenvalue weighted by molar-refractivity contribution is -0.202. The van der Waals surface area contributed by atoms with Crippen molar-refractivity contribution in [2.24, 2.45) is 5.92 Å². The molecule has 2 aliphatic rings. The predicted molar refractivity (Wildman–Crippen MR) is 148 cm³/mol. The number of nitrogens with zero attached hydrogens (tertiary/aromatic N) is 2. The van der Waals surface area contributed by atoms with E-state index in [1.165, 1.54) is 0 Å². The van der Waals surface area contributed by atoms with Crippen molar-refractivity contribution in [1.29, 1.82) is 0 Å². The third kappa shape index (κ3) is 8.57. The molecule has 7 nitrogen and oxygen atoms in total. The number of hydrogen-bond acceptors (Lipinski definition) is 7. The molecular weight excluding hydrogens is 554 g/mol. The molecule has 1 saturated heterocycles. The zero-order valence-corrected chi connectivity index (χ0v) is 23.6. The Morgan fingerprint density at radius 3 is 2.49 bits per heavy atom. The summed E-state index contributed by atoms with van der Waals surface area (Å²) in [5, 5.41) is 19.8. The fraction of sp³-hybridized carbons (Fsp3) is 0.630. The number of alkyl halides is 3. The van der Waals surface area contributed by atoms with Crippen LogP contribution in [0.5, 0.6) is 0 Å². The van der Waals surface area contributed by atoms with E-state index in [1.54, 1.807) is 12.3 Å². The second-order valence-electron chi connectivity index (χ2n) is 11.1. The average Bonchev–Trinajstić information content (AvgIpc) is 2.88. The van der Waals surface area contributed by atoms with Crippen molar-refractivity contribution in [2.45, 2.75) is 82.3 Å². The lowest BCUT2D eigenvalue weighted by Gasteiger charge is -2.35.